The van der Waals surface area contributed by atoms with Crippen molar-refractivity contribution in [2.75, 3.05) is 12.8 Å². The summed E-state index contributed by atoms with van der Waals surface area (Å²) in [5.74, 6) is 3.82. The Labute approximate surface area is 108 Å². The number of hydrogen-bond donors (Lipinski definition) is 1. The minimum absolute atomic E-state index is 0.266. The third-order valence-electron chi connectivity index (χ3n) is 2.87. The van der Waals surface area contributed by atoms with Crippen molar-refractivity contribution >= 4 is 11.8 Å². The Balaban J connectivity index is 2.54. The lowest BCUT2D eigenvalue weighted by Gasteiger charge is -2.18. The maximum atomic E-state index is 5.33. The normalized spacial score (nSPS) is 14.8. The van der Waals surface area contributed by atoms with E-state index in [0.717, 1.165) is 29.6 Å². The monoisotopic (exact) mass is 257 g/mol. The summed E-state index contributed by atoms with van der Waals surface area (Å²) in [6, 6.07) is 0.395. The topological polar surface area (TPSA) is 51.0 Å². The molecule has 2 atom stereocenters. The molecule has 0 aliphatic heterocycles. The highest BCUT2D eigenvalue weighted by molar-refractivity contribution is 7.98. The zero-order valence-corrected chi connectivity index (χ0v) is 12.0. The highest BCUT2D eigenvalue weighted by Gasteiger charge is 2.21. The number of nitrogens with one attached hydrogen (secondary N) is 1. The first-order chi connectivity index (χ1) is 8.22. The van der Waals surface area contributed by atoms with Gasteiger partial charge in [-0.2, -0.15) is 16.7 Å². The summed E-state index contributed by atoms with van der Waals surface area (Å²) in [6.07, 6.45) is 2.24. The van der Waals surface area contributed by atoms with Crippen LogP contribution in [-0.4, -0.2) is 29.0 Å². The second-order valence-electron chi connectivity index (χ2n) is 4.19. The minimum Gasteiger partial charge on any atom is -0.339 e. The largest absolute Gasteiger partial charge is 0.339 e. The van der Waals surface area contributed by atoms with Crippen LogP contribution in [0.4, 0.5) is 0 Å². The molecule has 1 N–H and O–H groups in total. The molecule has 0 fully saturated rings. The van der Waals surface area contributed by atoms with Gasteiger partial charge in [-0.15, -0.1) is 0 Å². The zero-order valence-electron chi connectivity index (χ0n) is 11.2. The van der Waals surface area contributed by atoms with Crippen LogP contribution in [0, 0.1) is 0 Å². The molecule has 2 unspecified atom stereocenters. The fraction of sp³-hybridized carbons (Fsp3) is 0.833. The van der Waals surface area contributed by atoms with E-state index in [4.69, 9.17) is 4.52 Å². The fourth-order valence-electron chi connectivity index (χ4n) is 1.80. The fourth-order valence-corrected chi connectivity index (χ4v) is 2.53. The van der Waals surface area contributed by atoms with Crippen LogP contribution < -0.4 is 5.32 Å². The van der Waals surface area contributed by atoms with Gasteiger partial charge >= 0.3 is 0 Å². The molecule has 17 heavy (non-hydrogen) atoms. The van der Waals surface area contributed by atoms with E-state index in [1.807, 2.05) is 18.8 Å². The SMILES string of the molecule is CCCSCc1noc(C(C)C(CC)NC)n1. The smallest absolute Gasteiger partial charge is 0.231 e. The van der Waals surface area contributed by atoms with Gasteiger partial charge in [0.15, 0.2) is 5.82 Å². The molecule has 0 saturated carbocycles. The molecule has 1 aromatic heterocycles. The van der Waals surface area contributed by atoms with E-state index in [1.165, 1.54) is 6.42 Å². The van der Waals surface area contributed by atoms with Gasteiger partial charge in [0.2, 0.25) is 5.89 Å². The third-order valence-corrected chi connectivity index (χ3v) is 4.03. The molecule has 0 aromatic carbocycles. The minimum atomic E-state index is 0.266. The molecule has 0 radical (unpaired) electrons. The molecule has 4 nitrogen and oxygen atoms in total. The van der Waals surface area contributed by atoms with Gasteiger partial charge in [0.05, 0.1) is 11.7 Å². The van der Waals surface area contributed by atoms with Crippen LogP contribution in [0.3, 0.4) is 0 Å². The summed E-state index contributed by atoms with van der Waals surface area (Å²) >= 11 is 1.85. The summed E-state index contributed by atoms with van der Waals surface area (Å²) in [7, 11) is 1.97. The lowest BCUT2D eigenvalue weighted by Crippen LogP contribution is -2.30. The van der Waals surface area contributed by atoms with Gasteiger partial charge in [-0.05, 0) is 25.6 Å². The van der Waals surface area contributed by atoms with Gasteiger partial charge in [-0.3, -0.25) is 0 Å². The van der Waals surface area contributed by atoms with E-state index in [0.29, 0.717) is 6.04 Å². The number of hydrogen-bond acceptors (Lipinski definition) is 5. The number of nitrogens with zero attached hydrogens (tertiary/aromatic N) is 2. The van der Waals surface area contributed by atoms with Crippen molar-refractivity contribution < 1.29 is 4.52 Å². The molecule has 0 saturated heterocycles. The Morgan fingerprint density at radius 1 is 1.41 bits per heavy atom. The molecule has 1 aromatic rings. The van der Waals surface area contributed by atoms with Crippen LogP contribution in [-0.2, 0) is 5.75 Å². The average Bonchev–Trinajstić information content (AvgIpc) is 2.79. The Bertz CT molecular complexity index is 312. The van der Waals surface area contributed by atoms with Crippen LogP contribution in [0.25, 0.3) is 0 Å². The third kappa shape index (κ3) is 4.32. The molecule has 0 amide bonds. The van der Waals surface area contributed by atoms with E-state index < -0.39 is 0 Å². The summed E-state index contributed by atoms with van der Waals surface area (Å²) in [4.78, 5) is 4.46. The van der Waals surface area contributed by atoms with Crippen LogP contribution in [0.15, 0.2) is 4.52 Å². The summed E-state index contributed by atoms with van der Waals surface area (Å²) in [5, 5.41) is 7.30. The standard InChI is InChI=1S/C12H23N3OS/c1-5-7-17-8-11-14-12(16-15-11)9(3)10(6-2)13-4/h9-10,13H,5-8H2,1-4H3. The molecular weight excluding hydrogens is 234 g/mol. The molecule has 0 aliphatic carbocycles. The van der Waals surface area contributed by atoms with E-state index in [1.54, 1.807) is 0 Å². The van der Waals surface area contributed by atoms with Crippen molar-refractivity contribution in [2.24, 2.45) is 0 Å². The van der Waals surface area contributed by atoms with Crippen molar-refractivity contribution in [2.45, 2.75) is 51.3 Å². The highest BCUT2D eigenvalue weighted by atomic mass is 32.2. The molecular formula is C12H23N3OS. The lowest BCUT2D eigenvalue weighted by molar-refractivity contribution is 0.324. The first kappa shape index (κ1) is 14.5. The number of thioether (sulfide) groups is 1. The first-order valence-corrected chi connectivity index (χ1v) is 7.45. The van der Waals surface area contributed by atoms with Gasteiger partial charge in [0.25, 0.3) is 0 Å². The Morgan fingerprint density at radius 2 is 2.18 bits per heavy atom. The molecule has 5 heteroatoms. The van der Waals surface area contributed by atoms with Crippen LogP contribution in [0.2, 0.25) is 0 Å². The lowest BCUT2D eigenvalue weighted by atomic mass is 10.00. The summed E-state index contributed by atoms with van der Waals surface area (Å²) < 4.78 is 5.33. The Morgan fingerprint density at radius 3 is 2.76 bits per heavy atom. The van der Waals surface area contributed by atoms with Crippen molar-refractivity contribution in [3.63, 3.8) is 0 Å². The van der Waals surface area contributed by atoms with Gasteiger partial charge in [0.1, 0.15) is 0 Å². The second-order valence-corrected chi connectivity index (χ2v) is 5.30. The molecule has 1 rings (SSSR count). The number of rotatable bonds is 8. The van der Waals surface area contributed by atoms with E-state index in [-0.39, 0.29) is 5.92 Å². The first-order valence-electron chi connectivity index (χ1n) is 6.30. The quantitative estimate of drug-likeness (QED) is 0.726. The number of aromatic nitrogens is 2. The molecule has 1 heterocycles. The van der Waals surface area contributed by atoms with Crippen molar-refractivity contribution in [3.05, 3.63) is 11.7 Å². The maximum absolute atomic E-state index is 5.33. The predicted octanol–water partition coefficient (Wildman–Crippen LogP) is 2.81. The molecule has 0 spiro atoms. The van der Waals surface area contributed by atoms with Gasteiger partial charge < -0.3 is 9.84 Å². The van der Waals surface area contributed by atoms with E-state index in [9.17, 15) is 0 Å². The second kappa shape index (κ2) is 7.71. The molecule has 0 bridgehead atoms. The van der Waals surface area contributed by atoms with Crippen LogP contribution in [0.1, 0.15) is 51.2 Å². The van der Waals surface area contributed by atoms with Gasteiger partial charge in [-0.1, -0.05) is 25.9 Å². The van der Waals surface area contributed by atoms with E-state index >= 15 is 0 Å². The number of likely N-dealkylation sites (N-methyl/N-ethyl adjacent to an activating group) is 1. The van der Waals surface area contributed by atoms with Gasteiger partial charge in [0, 0.05) is 6.04 Å². The summed E-state index contributed by atoms with van der Waals surface area (Å²) in [5.41, 5.74) is 0. The Hall–Kier alpha value is -0.550. The maximum Gasteiger partial charge on any atom is 0.231 e. The van der Waals surface area contributed by atoms with Crippen molar-refractivity contribution in [1.29, 1.82) is 0 Å². The van der Waals surface area contributed by atoms with Crippen LogP contribution >= 0.6 is 11.8 Å². The van der Waals surface area contributed by atoms with Crippen molar-refractivity contribution in [3.8, 4) is 0 Å². The molecule has 98 valence electrons. The predicted molar refractivity (Wildman–Crippen MR) is 72.3 cm³/mol. The summed E-state index contributed by atoms with van der Waals surface area (Å²) in [6.45, 7) is 6.46. The van der Waals surface area contributed by atoms with Gasteiger partial charge in [-0.25, -0.2) is 0 Å². The van der Waals surface area contributed by atoms with E-state index in [2.05, 4.69) is 36.2 Å². The Kier molecular flexibility index (Phi) is 6.58. The zero-order chi connectivity index (χ0) is 12.7. The van der Waals surface area contributed by atoms with Crippen molar-refractivity contribution in [1.82, 2.24) is 15.5 Å². The highest BCUT2D eigenvalue weighted by Crippen LogP contribution is 2.20. The van der Waals surface area contributed by atoms with Crippen LogP contribution in [0.5, 0.6) is 0 Å². The molecule has 0 aliphatic rings. The average molecular weight is 257 g/mol.